The molecule has 8 nitrogen and oxygen atoms in total. The second kappa shape index (κ2) is 9.05. The minimum Gasteiger partial charge on any atom is -0.480 e. The van der Waals surface area contributed by atoms with E-state index >= 15 is 0 Å². The molecule has 24 heavy (non-hydrogen) atoms. The number of amides is 1. The molecule has 1 aromatic rings. The summed E-state index contributed by atoms with van der Waals surface area (Å²) in [5, 5.41) is 7.79. The molecule has 1 saturated heterocycles. The monoisotopic (exact) mass is 337 g/mol. The van der Waals surface area contributed by atoms with Crippen LogP contribution >= 0.6 is 0 Å². The van der Waals surface area contributed by atoms with E-state index in [1.54, 1.807) is 24.0 Å². The van der Waals surface area contributed by atoms with Gasteiger partial charge in [-0.15, -0.1) is 10.2 Å². The average molecular weight is 337 g/mol. The third-order valence-electron chi connectivity index (χ3n) is 3.69. The van der Waals surface area contributed by atoms with E-state index in [-0.39, 0.29) is 30.8 Å². The number of piperidine rings is 1. The fraction of sp³-hybridized carbons (Fsp3) is 0.625. The topological polar surface area (TPSA) is 90.9 Å². The van der Waals surface area contributed by atoms with E-state index < -0.39 is 0 Å². The first-order valence-electron chi connectivity index (χ1n) is 8.10. The third kappa shape index (κ3) is 5.36. The van der Waals surface area contributed by atoms with E-state index in [1.165, 1.54) is 7.11 Å². The zero-order valence-corrected chi connectivity index (χ0v) is 14.1. The number of ether oxygens (including phenoxy) is 3. The number of rotatable bonds is 7. The summed E-state index contributed by atoms with van der Waals surface area (Å²) in [6.07, 6.45) is 1.83. The number of carbonyl (C=O) groups excluding carboxylic acids is 2. The van der Waals surface area contributed by atoms with Gasteiger partial charge in [-0.3, -0.25) is 9.59 Å². The van der Waals surface area contributed by atoms with Gasteiger partial charge in [-0.1, -0.05) is 0 Å². The number of carbonyl (C=O) groups is 2. The third-order valence-corrected chi connectivity index (χ3v) is 3.69. The molecule has 8 heteroatoms. The van der Waals surface area contributed by atoms with Crippen molar-refractivity contribution in [2.24, 2.45) is 0 Å². The lowest BCUT2D eigenvalue weighted by molar-refractivity contribution is -0.146. The van der Waals surface area contributed by atoms with Crippen molar-refractivity contribution in [3.8, 4) is 11.8 Å². The highest BCUT2D eigenvalue weighted by Gasteiger charge is 2.25. The van der Waals surface area contributed by atoms with Crippen LogP contribution in [-0.4, -0.2) is 59.9 Å². The summed E-state index contributed by atoms with van der Waals surface area (Å²) >= 11 is 0. The summed E-state index contributed by atoms with van der Waals surface area (Å²) < 4.78 is 15.6. The number of methoxy groups -OCH3 is 1. The number of hydrogen-bond acceptors (Lipinski definition) is 7. The number of aromatic nitrogens is 2. The zero-order valence-electron chi connectivity index (χ0n) is 14.1. The van der Waals surface area contributed by atoms with Gasteiger partial charge in [0.2, 0.25) is 17.7 Å². The quantitative estimate of drug-likeness (QED) is 0.690. The largest absolute Gasteiger partial charge is 0.480 e. The van der Waals surface area contributed by atoms with Gasteiger partial charge in [-0.05, 0) is 19.8 Å². The van der Waals surface area contributed by atoms with E-state index in [4.69, 9.17) is 14.2 Å². The van der Waals surface area contributed by atoms with Crippen molar-refractivity contribution in [1.82, 2.24) is 15.1 Å². The predicted molar refractivity (Wildman–Crippen MR) is 84.7 cm³/mol. The van der Waals surface area contributed by atoms with Crippen LogP contribution in [0, 0.1) is 0 Å². The summed E-state index contributed by atoms with van der Waals surface area (Å²) in [5.74, 6) is 0.421. The van der Waals surface area contributed by atoms with Gasteiger partial charge in [-0.25, -0.2) is 0 Å². The first kappa shape index (κ1) is 18.0. The second-order valence-corrected chi connectivity index (χ2v) is 5.44. The van der Waals surface area contributed by atoms with Gasteiger partial charge >= 0.3 is 5.97 Å². The Balaban J connectivity index is 1.82. The Morgan fingerprint density at radius 3 is 2.67 bits per heavy atom. The standard InChI is InChI=1S/C16H23N3O5/c1-3-23-16(21)9-8-15(20)19-10-4-5-12(11-19)24-14-7-6-13(22-2)17-18-14/h6-7,12H,3-5,8-11H2,1-2H3. The Hall–Kier alpha value is -2.38. The van der Waals surface area contributed by atoms with Gasteiger partial charge in [0.25, 0.3) is 0 Å². The van der Waals surface area contributed by atoms with Crippen LogP contribution in [0.1, 0.15) is 32.6 Å². The molecule has 0 aliphatic carbocycles. The van der Waals surface area contributed by atoms with Crippen molar-refractivity contribution in [2.75, 3.05) is 26.8 Å². The van der Waals surface area contributed by atoms with Gasteiger partial charge in [-0.2, -0.15) is 0 Å². The van der Waals surface area contributed by atoms with Crippen LogP contribution in [0.15, 0.2) is 12.1 Å². The average Bonchev–Trinajstić information content (AvgIpc) is 2.61. The normalized spacial score (nSPS) is 17.2. The van der Waals surface area contributed by atoms with Crippen LogP contribution in [-0.2, 0) is 14.3 Å². The van der Waals surface area contributed by atoms with Crippen molar-refractivity contribution in [1.29, 1.82) is 0 Å². The Morgan fingerprint density at radius 1 is 1.25 bits per heavy atom. The molecular formula is C16H23N3O5. The Kier molecular flexibility index (Phi) is 6.77. The number of nitrogens with zero attached hydrogens (tertiary/aromatic N) is 3. The summed E-state index contributed by atoms with van der Waals surface area (Å²) in [6.45, 7) is 3.23. The Bertz CT molecular complexity index is 549. The maximum Gasteiger partial charge on any atom is 0.306 e. The van der Waals surface area contributed by atoms with Crippen molar-refractivity contribution in [3.63, 3.8) is 0 Å². The highest BCUT2D eigenvalue weighted by Crippen LogP contribution is 2.18. The molecule has 1 aromatic heterocycles. The number of likely N-dealkylation sites (tertiary alicyclic amines) is 1. The molecule has 1 amide bonds. The molecule has 0 bridgehead atoms. The summed E-state index contributed by atoms with van der Waals surface area (Å²) in [6, 6.07) is 3.36. The van der Waals surface area contributed by atoms with Gasteiger partial charge < -0.3 is 19.1 Å². The first-order chi connectivity index (χ1) is 11.6. The molecule has 1 unspecified atom stereocenters. The van der Waals surface area contributed by atoms with Gasteiger partial charge in [0.1, 0.15) is 6.10 Å². The minimum atomic E-state index is -0.343. The molecule has 0 saturated carbocycles. The lowest BCUT2D eigenvalue weighted by Gasteiger charge is -2.32. The minimum absolute atomic E-state index is 0.0582. The SMILES string of the molecule is CCOC(=O)CCC(=O)N1CCCC(Oc2ccc(OC)nn2)C1. The smallest absolute Gasteiger partial charge is 0.306 e. The highest BCUT2D eigenvalue weighted by atomic mass is 16.5. The molecule has 0 radical (unpaired) electrons. The van der Waals surface area contributed by atoms with E-state index in [1.807, 2.05) is 0 Å². The van der Waals surface area contributed by atoms with Crippen molar-refractivity contribution in [2.45, 2.75) is 38.7 Å². The van der Waals surface area contributed by atoms with E-state index in [0.717, 1.165) is 12.8 Å². The molecule has 2 rings (SSSR count). The maximum absolute atomic E-state index is 12.2. The summed E-state index contributed by atoms with van der Waals surface area (Å²) in [7, 11) is 1.52. The lowest BCUT2D eigenvalue weighted by atomic mass is 10.1. The van der Waals surface area contributed by atoms with Gasteiger partial charge in [0.05, 0.1) is 26.7 Å². The summed E-state index contributed by atoms with van der Waals surface area (Å²) in [5.41, 5.74) is 0. The number of hydrogen-bond donors (Lipinski definition) is 0. The Morgan fingerprint density at radius 2 is 2.00 bits per heavy atom. The second-order valence-electron chi connectivity index (χ2n) is 5.44. The maximum atomic E-state index is 12.2. The van der Waals surface area contributed by atoms with Crippen molar-refractivity contribution >= 4 is 11.9 Å². The van der Waals surface area contributed by atoms with E-state index in [2.05, 4.69) is 10.2 Å². The van der Waals surface area contributed by atoms with E-state index in [9.17, 15) is 9.59 Å². The molecule has 132 valence electrons. The predicted octanol–water partition coefficient (Wildman–Crippen LogP) is 1.20. The van der Waals surface area contributed by atoms with Gasteiger partial charge in [0.15, 0.2) is 0 Å². The highest BCUT2D eigenvalue weighted by molar-refractivity contribution is 5.81. The van der Waals surface area contributed by atoms with Crippen molar-refractivity contribution < 1.29 is 23.8 Å². The molecule has 1 fully saturated rings. The fourth-order valence-corrected chi connectivity index (χ4v) is 2.51. The molecule has 1 atom stereocenters. The zero-order chi connectivity index (χ0) is 17.4. The van der Waals surface area contributed by atoms with Crippen LogP contribution in [0.25, 0.3) is 0 Å². The molecule has 1 aliphatic heterocycles. The van der Waals surface area contributed by atoms with E-state index in [0.29, 0.717) is 31.5 Å². The van der Waals surface area contributed by atoms with Crippen molar-refractivity contribution in [3.05, 3.63) is 12.1 Å². The molecule has 0 N–H and O–H groups in total. The van der Waals surface area contributed by atoms with Gasteiger partial charge in [0, 0.05) is 25.1 Å². The molecule has 1 aliphatic rings. The van der Waals surface area contributed by atoms with Crippen LogP contribution in [0.3, 0.4) is 0 Å². The molecule has 2 heterocycles. The lowest BCUT2D eigenvalue weighted by Crippen LogP contribution is -2.44. The van der Waals surface area contributed by atoms with Crippen LogP contribution in [0.4, 0.5) is 0 Å². The van der Waals surface area contributed by atoms with Crippen LogP contribution in [0.5, 0.6) is 11.8 Å². The van der Waals surface area contributed by atoms with Crippen LogP contribution in [0.2, 0.25) is 0 Å². The first-order valence-corrected chi connectivity index (χ1v) is 8.10. The molecule has 0 spiro atoms. The summed E-state index contributed by atoms with van der Waals surface area (Å²) in [4.78, 5) is 25.3. The molecular weight excluding hydrogens is 314 g/mol. The molecule has 0 aromatic carbocycles. The Labute approximate surface area is 141 Å². The van der Waals surface area contributed by atoms with Crippen LogP contribution < -0.4 is 9.47 Å². The fourth-order valence-electron chi connectivity index (χ4n) is 2.51. The number of esters is 1.